The van der Waals surface area contributed by atoms with Gasteiger partial charge in [0.2, 0.25) is 0 Å². The van der Waals surface area contributed by atoms with Crippen LogP contribution in [0.5, 0.6) is 0 Å². The van der Waals surface area contributed by atoms with Gasteiger partial charge in [-0.15, -0.1) is 25.3 Å². The molecule has 0 aromatic carbocycles. The first-order valence-corrected chi connectivity index (χ1v) is 3.39. The van der Waals surface area contributed by atoms with Crippen molar-refractivity contribution in [3.8, 4) is 0 Å². The molecule has 0 saturated heterocycles. The van der Waals surface area contributed by atoms with Gasteiger partial charge in [0.25, 0.3) is 9.87 Å². The maximum Gasteiger partial charge on any atom is 0.351 e. The Morgan fingerprint density at radius 3 is 1.17 bits per heavy atom. The monoisotopic (exact) mass is 214 g/mol. The van der Waals surface area contributed by atoms with E-state index in [0.717, 1.165) is 0 Å². The van der Waals surface area contributed by atoms with Gasteiger partial charge < -0.3 is 20.4 Å². The number of carboxylic acids is 2. The Labute approximate surface area is 77.6 Å². The highest BCUT2D eigenvalue weighted by Crippen LogP contribution is 2.30. The van der Waals surface area contributed by atoms with Crippen molar-refractivity contribution < 1.29 is 30.0 Å². The van der Waals surface area contributed by atoms with Crippen LogP contribution in [0, 0.1) is 0 Å². The van der Waals surface area contributed by atoms with Crippen LogP contribution in [0.4, 0.5) is 0 Å². The zero-order valence-electron chi connectivity index (χ0n) is 5.50. The van der Waals surface area contributed by atoms with Gasteiger partial charge in [-0.05, 0) is 0 Å². The van der Waals surface area contributed by atoms with E-state index < -0.39 is 21.8 Å². The van der Waals surface area contributed by atoms with Crippen LogP contribution in [0.2, 0.25) is 0 Å². The number of aliphatic carboxylic acids is 2. The third-order valence-electron chi connectivity index (χ3n) is 1.08. The Balaban J connectivity index is 5.01. The van der Waals surface area contributed by atoms with Gasteiger partial charge >= 0.3 is 11.9 Å². The molecule has 0 aromatic rings. The fourth-order valence-corrected chi connectivity index (χ4v) is 0.490. The highest BCUT2D eigenvalue weighted by atomic mass is 32.1. The van der Waals surface area contributed by atoms with E-state index >= 15 is 0 Å². The lowest BCUT2D eigenvalue weighted by atomic mass is 10.2. The highest BCUT2D eigenvalue weighted by Gasteiger charge is 2.56. The molecule has 0 aliphatic heterocycles. The van der Waals surface area contributed by atoms with Crippen LogP contribution in [0.1, 0.15) is 0 Å². The van der Waals surface area contributed by atoms with Gasteiger partial charge in [-0.3, -0.25) is 0 Å². The minimum atomic E-state index is -3.15. The van der Waals surface area contributed by atoms with E-state index in [0.29, 0.717) is 0 Å². The molecule has 2 atom stereocenters. The standard InChI is InChI=1S/C4H6O6S2/c5-1(6)3(9,11)4(10,12)2(7)8/h9-12H,(H,5,6)(H,7,8). The molecule has 0 radical (unpaired) electrons. The number of carbonyl (C=O) groups is 2. The van der Waals surface area contributed by atoms with E-state index in [1.54, 1.807) is 0 Å². The van der Waals surface area contributed by atoms with Crippen LogP contribution in [-0.4, -0.2) is 42.2 Å². The molecular weight excluding hydrogens is 208 g/mol. The summed E-state index contributed by atoms with van der Waals surface area (Å²) in [6.45, 7) is 0. The Morgan fingerprint density at radius 1 is 0.917 bits per heavy atom. The molecule has 0 rings (SSSR count). The summed E-state index contributed by atoms with van der Waals surface area (Å²) >= 11 is 6.10. The molecule has 4 N–H and O–H groups in total. The second-order valence-corrected chi connectivity index (χ2v) is 3.25. The van der Waals surface area contributed by atoms with Gasteiger partial charge in [0.15, 0.2) is 0 Å². The summed E-state index contributed by atoms with van der Waals surface area (Å²) in [7, 11) is 0. The lowest BCUT2D eigenvalue weighted by Gasteiger charge is -2.28. The molecule has 0 spiro atoms. The van der Waals surface area contributed by atoms with Crippen LogP contribution < -0.4 is 0 Å². The summed E-state index contributed by atoms with van der Waals surface area (Å²) in [4.78, 5) is 14.0. The summed E-state index contributed by atoms with van der Waals surface area (Å²) in [5.74, 6) is -4.02. The summed E-state index contributed by atoms with van der Waals surface area (Å²) in [5, 5.41) is 34.1. The van der Waals surface area contributed by atoms with Gasteiger partial charge in [0, 0.05) is 0 Å². The predicted molar refractivity (Wildman–Crippen MR) is 43.1 cm³/mol. The molecule has 0 aromatic heterocycles. The fourth-order valence-electron chi connectivity index (χ4n) is 0.298. The average molecular weight is 214 g/mol. The first kappa shape index (κ1) is 11.6. The minimum Gasteiger partial charge on any atom is -0.478 e. The first-order valence-electron chi connectivity index (χ1n) is 2.50. The summed E-state index contributed by atoms with van der Waals surface area (Å²) in [5.41, 5.74) is 0. The Morgan fingerprint density at radius 2 is 1.08 bits per heavy atom. The fraction of sp³-hybridized carbons (Fsp3) is 0.500. The average Bonchev–Trinajstić information content (AvgIpc) is 1.86. The van der Waals surface area contributed by atoms with Crippen molar-refractivity contribution >= 4 is 37.2 Å². The van der Waals surface area contributed by atoms with E-state index in [2.05, 4.69) is 25.3 Å². The molecule has 0 fully saturated rings. The van der Waals surface area contributed by atoms with Crippen molar-refractivity contribution in [1.82, 2.24) is 0 Å². The van der Waals surface area contributed by atoms with Crippen LogP contribution >= 0.6 is 25.3 Å². The lowest BCUT2D eigenvalue weighted by Crippen LogP contribution is -2.56. The van der Waals surface area contributed by atoms with Crippen molar-refractivity contribution in [3.05, 3.63) is 0 Å². The second kappa shape index (κ2) is 3.13. The van der Waals surface area contributed by atoms with Crippen LogP contribution in [0.25, 0.3) is 0 Å². The van der Waals surface area contributed by atoms with Crippen molar-refractivity contribution in [1.29, 1.82) is 0 Å². The molecular formula is C4H6O6S2. The Hall–Kier alpha value is -0.440. The number of carboxylic acid groups (broad SMARTS) is 2. The molecule has 0 amide bonds. The van der Waals surface area contributed by atoms with Crippen LogP contribution in [0.3, 0.4) is 0 Å². The van der Waals surface area contributed by atoms with E-state index in [-0.39, 0.29) is 0 Å². The summed E-state index contributed by atoms with van der Waals surface area (Å²) in [6, 6.07) is 0. The van der Waals surface area contributed by atoms with Gasteiger partial charge in [0.1, 0.15) is 0 Å². The zero-order chi connectivity index (χ0) is 10.2. The molecule has 2 unspecified atom stereocenters. The van der Waals surface area contributed by atoms with Gasteiger partial charge in [-0.2, -0.15) is 0 Å². The van der Waals surface area contributed by atoms with Crippen molar-refractivity contribution in [2.45, 2.75) is 9.87 Å². The number of rotatable bonds is 3. The van der Waals surface area contributed by atoms with Crippen LogP contribution in [0.15, 0.2) is 0 Å². The predicted octanol–water partition coefficient (Wildman–Crippen LogP) is -1.61. The molecule has 12 heavy (non-hydrogen) atoms. The highest BCUT2D eigenvalue weighted by molar-refractivity contribution is 7.87. The molecule has 0 aliphatic carbocycles. The quantitative estimate of drug-likeness (QED) is 0.249. The summed E-state index contributed by atoms with van der Waals surface area (Å²) in [6.07, 6.45) is 0. The molecule has 0 heterocycles. The van der Waals surface area contributed by atoms with Crippen molar-refractivity contribution in [3.63, 3.8) is 0 Å². The third-order valence-corrected chi connectivity index (χ3v) is 2.29. The Bertz CT molecular complexity index is 198. The van der Waals surface area contributed by atoms with Gasteiger partial charge in [-0.1, -0.05) is 0 Å². The van der Waals surface area contributed by atoms with Crippen molar-refractivity contribution in [2.24, 2.45) is 0 Å². The van der Waals surface area contributed by atoms with E-state index in [1.807, 2.05) is 0 Å². The van der Waals surface area contributed by atoms with Gasteiger partial charge in [0.05, 0.1) is 0 Å². The second-order valence-electron chi connectivity index (χ2n) is 1.95. The molecule has 0 aliphatic rings. The minimum absolute atomic E-state index is 2.01. The maximum atomic E-state index is 10.2. The number of hydrogen-bond acceptors (Lipinski definition) is 6. The number of aliphatic hydroxyl groups is 2. The molecule has 6 nitrogen and oxygen atoms in total. The van der Waals surface area contributed by atoms with Crippen molar-refractivity contribution in [2.75, 3.05) is 0 Å². The Kier molecular flexibility index (Phi) is 3.02. The van der Waals surface area contributed by atoms with E-state index in [4.69, 9.17) is 20.4 Å². The topological polar surface area (TPSA) is 115 Å². The molecule has 0 bridgehead atoms. The maximum absolute atomic E-state index is 10.2. The number of hydrogen-bond donors (Lipinski definition) is 6. The SMILES string of the molecule is O=C(O)C(O)(S)C(O)(S)C(=O)O. The molecule has 0 saturated carbocycles. The summed E-state index contributed by atoms with van der Waals surface area (Å²) < 4.78 is 0. The molecule has 8 heteroatoms. The largest absolute Gasteiger partial charge is 0.478 e. The first-order chi connectivity index (χ1) is 5.14. The third kappa shape index (κ3) is 1.66. The van der Waals surface area contributed by atoms with E-state index in [1.165, 1.54) is 0 Å². The van der Waals surface area contributed by atoms with Gasteiger partial charge in [-0.25, -0.2) is 9.59 Å². The smallest absolute Gasteiger partial charge is 0.351 e. The normalized spacial score (nSPS) is 20.7. The number of thiol groups is 2. The molecule has 70 valence electrons. The zero-order valence-corrected chi connectivity index (χ0v) is 7.29. The van der Waals surface area contributed by atoms with Crippen LogP contribution in [-0.2, 0) is 9.59 Å². The van der Waals surface area contributed by atoms with E-state index in [9.17, 15) is 9.59 Å². The lowest BCUT2D eigenvalue weighted by molar-refractivity contribution is -0.174.